The number of sulfonamides is 1. The van der Waals surface area contributed by atoms with Crippen LogP contribution < -0.4 is 14.8 Å². The van der Waals surface area contributed by atoms with Gasteiger partial charge in [0, 0.05) is 32.0 Å². The summed E-state index contributed by atoms with van der Waals surface area (Å²) in [6.45, 7) is 0.905. The Morgan fingerprint density at radius 3 is 2.64 bits per heavy atom. The normalized spacial score (nSPS) is 14.2. The zero-order valence-corrected chi connectivity index (χ0v) is 16.9. The van der Waals surface area contributed by atoms with Crippen molar-refractivity contribution in [3.63, 3.8) is 0 Å². The third kappa shape index (κ3) is 4.26. The van der Waals surface area contributed by atoms with Crippen molar-refractivity contribution < 1.29 is 22.7 Å². The van der Waals surface area contributed by atoms with Gasteiger partial charge in [-0.2, -0.15) is 4.31 Å². The van der Waals surface area contributed by atoms with Crippen LogP contribution in [0.3, 0.4) is 0 Å². The SMILES string of the molecule is COc1ccc(CNC(=O)c2cncc3c2CCN(S(C)(=O)=O)C3)cc1OC. The van der Waals surface area contributed by atoms with Crippen molar-refractivity contribution in [1.82, 2.24) is 14.6 Å². The number of pyridine rings is 1. The van der Waals surface area contributed by atoms with Crippen molar-refractivity contribution in [3.8, 4) is 11.5 Å². The smallest absolute Gasteiger partial charge is 0.253 e. The van der Waals surface area contributed by atoms with Crippen LogP contribution in [0.4, 0.5) is 0 Å². The highest BCUT2D eigenvalue weighted by Gasteiger charge is 2.26. The number of ether oxygens (including phenoxy) is 2. The van der Waals surface area contributed by atoms with Gasteiger partial charge in [0.25, 0.3) is 5.91 Å². The van der Waals surface area contributed by atoms with E-state index in [1.807, 2.05) is 12.1 Å². The number of carbonyl (C=O) groups is 1. The number of carbonyl (C=O) groups excluding carboxylic acids is 1. The molecule has 0 saturated heterocycles. The fourth-order valence-corrected chi connectivity index (χ4v) is 4.01. The molecule has 2 heterocycles. The van der Waals surface area contributed by atoms with Gasteiger partial charge in [-0.1, -0.05) is 6.07 Å². The summed E-state index contributed by atoms with van der Waals surface area (Å²) in [5.41, 5.74) is 2.95. The number of nitrogens with zero attached hydrogens (tertiary/aromatic N) is 2. The summed E-state index contributed by atoms with van der Waals surface area (Å²) in [5, 5.41) is 2.89. The van der Waals surface area contributed by atoms with E-state index in [1.54, 1.807) is 26.5 Å². The maximum absolute atomic E-state index is 12.7. The molecule has 9 heteroatoms. The van der Waals surface area contributed by atoms with E-state index < -0.39 is 10.0 Å². The lowest BCUT2D eigenvalue weighted by Crippen LogP contribution is -2.36. The minimum absolute atomic E-state index is 0.234. The predicted octanol–water partition coefficient (Wildman–Crippen LogP) is 1.35. The molecule has 1 amide bonds. The molecule has 0 atom stereocenters. The van der Waals surface area contributed by atoms with Crippen molar-refractivity contribution in [2.45, 2.75) is 19.5 Å². The maximum atomic E-state index is 12.7. The second kappa shape index (κ2) is 8.15. The van der Waals surface area contributed by atoms with Crippen LogP contribution in [0.15, 0.2) is 30.6 Å². The van der Waals surface area contributed by atoms with E-state index in [0.29, 0.717) is 36.6 Å². The Morgan fingerprint density at radius 1 is 1.21 bits per heavy atom. The van der Waals surface area contributed by atoms with Gasteiger partial charge in [0.05, 0.1) is 26.0 Å². The topological polar surface area (TPSA) is 97.8 Å². The average Bonchev–Trinajstić information content (AvgIpc) is 2.70. The van der Waals surface area contributed by atoms with Gasteiger partial charge in [-0.15, -0.1) is 0 Å². The van der Waals surface area contributed by atoms with E-state index in [2.05, 4.69) is 10.3 Å². The minimum Gasteiger partial charge on any atom is -0.493 e. The Hall–Kier alpha value is -2.65. The molecule has 0 bridgehead atoms. The molecule has 0 unspecified atom stereocenters. The molecule has 0 radical (unpaired) electrons. The first kappa shape index (κ1) is 20.1. The third-order valence-electron chi connectivity index (χ3n) is 4.72. The molecule has 1 aromatic carbocycles. The maximum Gasteiger partial charge on any atom is 0.253 e. The van der Waals surface area contributed by atoms with E-state index in [1.165, 1.54) is 16.8 Å². The molecular weight excluding hydrogens is 382 g/mol. The fraction of sp³-hybridized carbons (Fsp3) is 0.368. The first-order valence-corrected chi connectivity index (χ1v) is 10.6. The molecule has 0 fully saturated rings. The van der Waals surface area contributed by atoms with Gasteiger partial charge < -0.3 is 14.8 Å². The van der Waals surface area contributed by atoms with Crippen LogP contribution in [-0.2, 0) is 29.5 Å². The van der Waals surface area contributed by atoms with Gasteiger partial charge in [0.2, 0.25) is 10.0 Å². The zero-order chi connectivity index (χ0) is 20.3. The Morgan fingerprint density at radius 2 is 1.96 bits per heavy atom. The van der Waals surface area contributed by atoms with Crippen molar-refractivity contribution >= 4 is 15.9 Å². The highest BCUT2D eigenvalue weighted by atomic mass is 32.2. The zero-order valence-electron chi connectivity index (χ0n) is 16.1. The number of hydrogen-bond acceptors (Lipinski definition) is 6. The monoisotopic (exact) mass is 405 g/mol. The molecule has 8 nitrogen and oxygen atoms in total. The van der Waals surface area contributed by atoms with Crippen LogP contribution in [0, 0.1) is 0 Å². The number of nitrogens with one attached hydrogen (secondary N) is 1. The van der Waals surface area contributed by atoms with Crippen LogP contribution >= 0.6 is 0 Å². The number of rotatable bonds is 6. The number of methoxy groups -OCH3 is 2. The third-order valence-corrected chi connectivity index (χ3v) is 5.97. The lowest BCUT2D eigenvalue weighted by molar-refractivity contribution is 0.0949. The molecule has 28 heavy (non-hydrogen) atoms. The van der Waals surface area contributed by atoms with E-state index in [-0.39, 0.29) is 12.5 Å². The molecule has 1 aliphatic rings. The summed E-state index contributed by atoms with van der Waals surface area (Å²) in [7, 11) is -0.155. The largest absolute Gasteiger partial charge is 0.493 e. The molecule has 1 aromatic heterocycles. The summed E-state index contributed by atoms with van der Waals surface area (Å²) in [6, 6.07) is 5.44. The molecule has 3 rings (SSSR count). The molecule has 1 N–H and O–H groups in total. The second-order valence-corrected chi connectivity index (χ2v) is 8.53. The van der Waals surface area contributed by atoms with Gasteiger partial charge in [-0.3, -0.25) is 9.78 Å². The van der Waals surface area contributed by atoms with Gasteiger partial charge in [-0.25, -0.2) is 8.42 Å². The number of fused-ring (bicyclic) bond motifs is 1. The Balaban J connectivity index is 1.74. The summed E-state index contributed by atoms with van der Waals surface area (Å²) < 4.78 is 35.4. The van der Waals surface area contributed by atoms with Crippen LogP contribution in [0.5, 0.6) is 11.5 Å². The fourth-order valence-electron chi connectivity index (χ4n) is 3.21. The summed E-state index contributed by atoms with van der Waals surface area (Å²) in [5.74, 6) is 0.968. The summed E-state index contributed by atoms with van der Waals surface area (Å²) in [6.07, 6.45) is 4.81. The van der Waals surface area contributed by atoms with Crippen molar-refractivity contribution in [2.24, 2.45) is 0 Å². The molecule has 2 aromatic rings. The van der Waals surface area contributed by atoms with Gasteiger partial charge in [0.1, 0.15) is 0 Å². The molecule has 0 saturated carbocycles. The summed E-state index contributed by atoms with van der Waals surface area (Å²) in [4.78, 5) is 16.8. The number of amides is 1. The first-order chi connectivity index (χ1) is 13.3. The lowest BCUT2D eigenvalue weighted by Gasteiger charge is -2.27. The van der Waals surface area contributed by atoms with Crippen molar-refractivity contribution in [2.75, 3.05) is 27.0 Å². The van der Waals surface area contributed by atoms with Crippen molar-refractivity contribution in [1.29, 1.82) is 0 Å². The number of aromatic nitrogens is 1. The van der Waals surface area contributed by atoms with E-state index in [0.717, 1.165) is 16.7 Å². The minimum atomic E-state index is -3.28. The van der Waals surface area contributed by atoms with E-state index >= 15 is 0 Å². The van der Waals surface area contributed by atoms with E-state index in [4.69, 9.17) is 9.47 Å². The molecule has 150 valence electrons. The molecular formula is C19H23N3O5S. The van der Waals surface area contributed by atoms with Crippen LogP contribution in [0.25, 0.3) is 0 Å². The van der Waals surface area contributed by atoms with Crippen LogP contribution in [0.2, 0.25) is 0 Å². The quantitative estimate of drug-likeness (QED) is 0.779. The number of benzene rings is 1. The number of hydrogen-bond donors (Lipinski definition) is 1. The van der Waals surface area contributed by atoms with Crippen LogP contribution in [-0.4, -0.2) is 50.6 Å². The average molecular weight is 405 g/mol. The second-order valence-electron chi connectivity index (χ2n) is 6.54. The van der Waals surface area contributed by atoms with E-state index in [9.17, 15) is 13.2 Å². The van der Waals surface area contributed by atoms with Gasteiger partial charge in [-0.05, 0) is 35.2 Å². The lowest BCUT2D eigenvalue weighted by atomic mass is 9.98. The van der Waals surface area contributed by atoms with Crippen molar-refractivity contribution in [3.05, 3.63) is 52.8 Å². The summed E-state index contributed by atoms with van der Waals surface area (Å²) >= 11 is 0. The Kier molecular flexibility index (Phi) is 5.85. The molecule has 0 spiro atoms. The van der Waals surface area contributed by atoms with Gasteiger partial charge >= 0.3 is 0 Å². The Bertz CT molecular complexity index is 991. The Labute approximate surface area is 164 Å². The predicted molar refractivity (Wildman–Crippen MR) is 104 cm³/mol. The highest BCUT2D eigenvalue weighted by molar-refractivity contribution is 7.88. The highest BCUT2D eigenvalue weighted by Crippen LogP contribution is 2.27. The van der Waals surface area contributed by atoms with Gasteiger partial charge in [0.15, 0.2) is 11.5 Å². The van der Waals surface area contributed by atoms with Crippen LogP contribution in [0.1, 0.15) is 27.0 Å². The first-order valence-electron chi connectivity index (χ1n) is 8.73. The standard InChI is InChI=1S/C19H23N3O5S/c1-26-17-5-4-13(8-18(17)27-2)9-21-19(23)16-11-20-10-14-12-22(28(3,24)25)7-6-15(14)16/h4-5,8,10-11H,6-7,9,12H2,1-3H3,(H,21,23). The molecule has 1 aliphatic heterocycles. The molecule has 0 aliphatic carbocycles.